The van der Waals surface area contributed by atoms with Gasteiger partial charge in [0.1, 0.15) is 11.8 Å². The number of benzene rings is 1. The topological polar surface area (TPSA) is 51.5 Å². The van der Waals surface area contributed by atoms with Crippen molar-refractivity contribution >= 4 is 5.69 Å². The standard InChI is InChI=1S/C16H24N4O/c1-3-18-14(12-17)13-19-7-9-20(10-8-19)15-5-4-6-16(11-15)21-2/h4-6,11,14,18H,3,7-10,13H2,1-2H3. The molecule has 114 valence electrons. The van der Waals surface area contributed by atoms with Gasteiger partial charge in [0.05, 0.1) is 13.2 Å². The number of nitriles is 1. The Labute approximate surface area is 127 Å². The number of hydrogen-bond acceptors (Lipinski definition) is 5. The monoisotopic (exact) mass is 288 g/mol. The normalized spacial score (nSPS) is 17.3. The minimum Gasteiger partial charge on any atom is -0.497 e. The molecule has 0 spiro atoms. The highest BCUT2D eigenvalue weighted by atomic mass is 16.5. The summed E-state index contributed by atoms with van der Waals surface area (Å²) in [7, 11) is 1.69. The lowest BCUT2D eigenvalue weighted by Crippen LogP contribution is -2.50. The van der Waals surface area contributed by atoms with Crippen LogP contribution in [-0.2, 0) is 0 Å². The van der Waals surface area contributed by atoms with Gasteiger partial charge in [0, 0.05) is 44.5 Å². The highest BCUT2D eigenvalue weighted by Crippen LogP contribution is 2.22. The number of nitrogens with one attached hydrogen (secondary N) is 1. The lowest BCUT2D eigenvalue weighted by atomic mass is 10.2. The van der Waals surface area contributed by atoms with Crippen molar-refractivity contribution in [1.82, 2.24) is 10.2 Å². The predicted octanol–water partition coefficient (Wildman–Crippen LogP) is 1.32. The Morgan fingerprint density at radius 3 is 2.71 bits per heavy atom. The van der Waals surface area contributed by atoms with Gasteiger partial charge in [-0.15, -0.1) is 0 Å². The summed E-state index contributed by atoms with van der Waals surface area (Å²) >= 11 is 0. The summed E-state index contributed by atoms with van der Waals surface area (Å²) in [6.45, 7) is 7.61. The molecule has 1 saturated heterocycles. The Morgan fingerprint density at radius 1 is 1.33 bits per heavy atom. The first kappa shape index (κ1) is 15.6. The molecule has 0 bridgehead atoms. The van der Waals surface area contributed by atoms with Crippen molar-refractivity contribution in [2.24, 2.45) is 0 Å². The number of nitrogens with zero attached hydrogens (tertiary/aromatic N) is 3. The van der Waals surface area contributed by atoms with Crippen molar-refractivity contribution in [1.29, 1.82) is 5.26 Å². The van der Waals surface area contributed by atoms with E-state index in [9.17, 15) is 0 Å². The first-order valence-electron chi connectivity index (χ1n) is 7.51. The Hall–Kier alpha value is -1.77. The second kappa shape index (κ2) is 7.87. The molecule has 1 aliphatic heterocycles. The lowest BCUT2D eigenvalue weighted by Gasteiger charge is -2.36. The molecule has 1 unspecified atom stereocenters. The zero-order valence-electron chi connectivity index (χ0n) is 12.9. The Bertz CT molecular complexity index is 477. The predicted molar refractivity (Wildman–Crippen MR) is 84.7 cm³/mol. The molecule has 0 radical (unpaired) electrons. The summed E-state index contributed by atoms with van der Waals surface area (Å²) in [4.78, 5) is 4.72. The van der Waals surface area contributed by atoms with Gasteiger partial charge in [-0.25, -0.2) is 0 Å². The maximum absolute atomic E-state index is 9.11. The minimum absolute atomic E-state index is 0.0710. The molecule has 1 fully saturated rings. The van der Waals surface area contributed by atoms with Crippen molar-refractivity contribution in [2.45, 2.75) is 13.0 Å². The fourth-order valence-electron chi connectivity index (χ4n) is 2.65. The third-order valence-corrected chi connectivity index (χ3v) is 3.84. The SMILES string of the molecule is CCNC(C#N)CN1CCN(c2cccc(OC)c2)CC1. The van der Waals surface area contributed by atoms with Crippen LogP contribution in [0.4, 0.5) is 5.69 Å². The Balaban J connectivity index is 1.86. The molecule has 5 heteroatoms. The second-order valence-corrected chi connectivity index (χ2v) is 5.23. The van der Waals surface area contributed by atoms with Crippen molar-refractivity contribution in [3.63, 3.8) is 0 Å². The minimum atomic E-state index is -0.0710. The van der Waals surface area contributed by atoms with Gasteiger partial charge in [0.15, 0.2) is 0 Å². The van der Waals surface area contributed by atoms with E-state index in [1.165, 1.54) is 5.69 Å². The molecule has 2 rings (SSSR count). The summed E-state index contributed by atoms with van der Waals surface area (Å²) in [5.41, 5.74) is 1.21. The summed E-state index contributed by atoms with van der Waals surface area (Å²) in [5, 5.41) is 12.3. The van der Waals surface area contributed by atoms with E-state index < -0.39 is 0 Å². The van der Waals surface area contributed by atoms with E-state index in [4.69, 9.17) is 10.00 Å². The van der Waals surface area contributed by atoms with Crippen molar-refractivity contribution < 1.29 is 4.74 Å². The van der Waals surface area contributed by atoms with E-state index in [0.717, 1.165) is 45.0 Å². The fourth-order valence-corrected chi connectivity index (χ4v) is 2.65. The van der Waals surface area contributed by atoms with Gasteiger partial charge in [0.2, 0.25) is 0 Å². The van der Waals surface area contributed by atoms with Gasteiger partial charge in [-0.3, -0.25) is 4.90 Å². The number of ether oxygens (including phenoxy) is 1. The van der Waals surface area contributed by atoms with Crippen LogP contribution < -0.4 is 15.0 Å². The van der Waals surface area contributed by atoms with Gasteiger partial charge in [0.25, 0.3) is 0 Å². The van der Waals surface area contributed by atoms with E-state index in [2.05, 4.69) is 33.3 Å². The number of hydrogen-bond donors (Lipinski definition) is 1. The van der Waals surface area contributed by atoms with Crippen LogP contribution >= 0.6 is 0 Å². The van der Waals surface area contributed by atoms with Crippen molar-refractivity contribution in [3.05, 3.63) is 24.3 Å². The van der Waals surface area contributed by atoms with Crippen molar-refractivity contribution in [3.8, 4) is 11.8 Å². The Morgan fingerprint density at radius 2 is 2.10 bits per heavy atom. The number of piperazine rings is 1. The number of rotatable bonds is 6. The molecule has 1 heterocycles. The van der Waals surface area contributed by atoms with E-state index in [0.29, 0.717) is 0 Å². The van der Waals surface area contributed by atoms with Crippen LogP contribution in [0.5, 0.6) is 5.75 Å². The van der Waals surface area contributed by atoms with Crippen molar-refractivity contribution in [2.75, 3.05) is 51.3 Å². The van der Waals surface area contributed by atoms with E-state index in [1.807, 2.05) is 19.1 Å². The van der Waals surface area contributed by atoms with Gasteiger partial charge in [-0.1, -0.05) is 13.0 Å². The van der Waals surface area contributed by atoms with Crippen LogP contribution in [0.25, 0.3) is 0 Å². The molecule has 0 saturated carbocycles. The third kappa shape index (κ3) is 4.35. The van der Waals surface area contributed by atoms with Gasteiger partial charge >= 0.3 is 0 Å². The Kier molecular flexibility index (Phi) is 5.85. The van der Waals surface area contributed by atoms with E-state index in [-0.39, 0.29) is 6.04 Å². The molecule has 1 aromatic carbocycles. The van der Waals surface area contributed by atoms with E-state index in [1.54, 1.807) is 7.11 Å². The van der Waals surface area contributed by atoms with E-state index >= 15 is 0 Å². The van der Waals surface area contributed by atoms with Crippen LogP contribution in [-0.4, -0.2) is 57.3 Å². The highest BCUT2D eigenvalue weighted by Gasteiger charge is 2.20. The average Bonchev–Trinajstić information content (AvgIpc) is 2.55. The lowest BCUT2D eigenvalue weighted by molar-refractivity contribution is 0.244. The molecule has 0 amide bonds. The van der Waals surface area contributed by atoms with Crippen LogP contribution in [0.2, 0.25) is 0 Å². The maximum atomic E-state index is 9.11. The highest BCUT2D eigenvalue weighted by molar-refractivity contribution is 5.51. The number of likely N-dealkylation sites (N-methyl/N-ethyl adjacent to an activating group) is 1. The molecule has 1 N–H and O–H groups in total. The molecule has 21 heavy (non-hydrogen) atoms. The summed E-state index contributed by atoms with van der Waals surface area (Å²) in [6.07, 6.45) is 0. The number of methoxy groups -OCH3 is 1. The molecule has 0 aliphatic carbocycles. The van der Waals surface area contributed by atoms with Crippen LogP contribution in [0, 0.1) is 11.3 Å². The molecule has 1 atom stereocenters. The van der Waals surface area contributed by atoms with Gasteiger partial charge in [-0.05, 0) is 18.7 Å². The van der Waals surface area contributed by atoms with Crippen LogP contribution in [0.1, 0.15) is 6.92 Å². The maximum Gasteiger partial charge on any atom is 0.120 e. The molecular weight excluding hydrogens is 264 g/mol. The summed E-state index contributed by atoms with van der Waals surface area (Å²) in [5.74, 6) is 0.895. The molecule has 1 aromatic rings. The smallest absolute Gasteiger partial charge is 0.120 e. The summed E-state index contributed by atoms with van der Waals surface area (Å²) in [6, 6.07) is 10.4. The molecule has 5 nitrogen and oxygen atoms in total. The first-order chi connectivity index (χ1) is 10.3. The van der Waals surface area contributed by atoms with Crippen LogP contribution in [0.3, 0.4) is 0 Å². The largest absolute Gasteiger partial charge is 0.497 e. The summed E-state index contributed by atoms with van der Waals surface area (Å²) < 4.78 is 5.28. The quantitative estimate of drug-likeness (QED) is 0.855. The third-order valence-electron chi connectivity index (χ3n) is 3.84. The average molecular weight is 288 g/mol. The van der Waals surface area contributed by atoms with Gasteiger partial charge in [-0.2, -0.15) is 5.26 Å². The molecule has 1 aliphatic rings. The van der Waals surface area contributed by atoms with Gasteiger partial charge < -0.3 is 15.0 Å². The zero-order valence-corrected chi connectivity index (χ0v) is 12.9. The first-order valence-corrected chi connectivity index (χ1v) is 7.51. The van der Waals surface area contributed by atoms with Crippen LogP contribution in [0.15, 0.2) is 24.3 Å². The second-order valence-electron chi connectivity index (χ2n) is 5.23. The fraction of sp³-hybridized carbons (Fsp3) is 0.562. The molecular formula is C16H24N4O. The number of anilines is 1. The zero-order chi connectivity index (χ0) is 15.1. The molecule has 0 aromatic heterocycles.